The highest BCUT2D eigenvalue weighted by atomic mass is 35.5. The summed E-state index contributed by atoms with van der Waals surface area (Å²) in [4.78, 5) is 42.2. The van der Waals surface area contributed by atoms with Gasteiger partial charge in [0.25, 0.3) is 0 Å². The Hall–Kier alpha value is -5.31. The SMILES string of the molecule is CC(Oc1ccc(Oc2cnc3cc(Cl)ccc3n2)cc1)C(=O)O.C[C@H](OC(=O)c1cc(Oc2ccc(C(F)(F)F)cc2Cl)ccc1Cl)C(=O)O. The number of alkyl halides is 3. The van der Waals surface area contributed by atoms with Crippen LogP contribution in [0.5, 0.6) is 28.9 Å². The lowest BCUT2D eigenvalue weighted by Gasteiger charge is -2.13. The number of aliphatic carboxylic acids is 2. The third-order valence-electron chi connectivity index (χ3n) is 6.47. The van der Waals surface area contributed by atoms with Crippen LogP contribution in [0.4, 0.5) is 13.2 Å². The molecule has 0 saturated heterocycles. The number of nitrogens with zero attached hydrogens (tertiary/aromatic N) is 2. The minimum Gasteiger partial charge on any atom is -0.479 e. The van der Waals surface area contributed by atoms with Gasteiger partial charge in [-0.25, -0.2) is 24.4 Å². The van der Waals surface area contributed by atoms with Crippen molar-refractivity contribution in [3.05, 3.63) is 111 Å². The Morgan fingerprint density at radius 1 is 0.725 bits per heavy atom. The van der Waals surface area contributed by atoms with Gasteiger partial charge in [0.1, 0.15) is 23.0 Å². The second kappa shape index (κ2) is 16.6. The second-order valence-corrected chi connectivity index (χ2v) is 11.5. The molecule has 51 heavy (non-hydrogen) atoms. The Bertz CT molecular complexity index is 2070. The summed E-state index contributed by atoms with van der Waals surface area (Å²) in [6, 6.07) is 18.1. The maximum Gasteiger partial charge on any atom is 0.416 e. The van der Waals surface area contributed by atoms with Gasteiger partial charge in [-0.15, -0.1) is 0 Å². The van der Waals surface area contributed by atoms with Crippen molar-refractivity contribution < 1.29 is 56.7 Å². The number of hydrogen-bond acceptors (Lipinski definition) is 9. The van der Waals surface area contributed by atoms with Crippen molar-refractivity contribution in [2.24, 2.45) is 0 Å². The highest BCUT2D eigenvalue weighted by molar-refractivity contribution is 6.33. The third kappa shape index (κ3) is 10.8. The predicted molar refractivity (Wildman–Crippen MR) is 179 cm³/mol. The van der Waals surface area contributed by atoms with E-state index in [4.69, 9.17) is 64.0 Å². The van der Waals surface area contributed by atoms with Crippen molar-refractivity contribution in [2.45, 2.75) is 32.2 Å². The fourth-order valence-corrected chi connectivity index (χ4v) is 4.44. The summed E-state index contributed by atoms with van der Waals surface area (Å²) < 4.78 is 59.0. The zero-order valence-corrected chi connectivity index (χ0v) is 28.4. The molecular weight excluding hydrogens is 744 g/mol. The number of aromatic nitrogens is 2. The number of halogens is 6. The number of ether oxygens (including phenoxy) is 4. The molecule has 2 N–H and O–H groups in total. The van der Waals surface area contributed by atoms with Crippen molar-refractivity contribution in [2.75, 3.05) is 0 Å². The Morgan fingerprint density at radius 2 is 1.37 bits per heavy atom. The minimum absolute atomic E-state index is 0.0246. The number of carbonyl (C=O) groups excluding carboxylic acids is 1. The Balaban J connectivity index is 0.000000230. The molecule has 0 aliphatic heterocycles. The Labute approximate surface area is 302 Å². The summed E-state index contributed by atoms with van der Waals surface area (Å²) in [7, 11) is 0. The standard InChI is InChI=1S/C17H11Cl2F3O5.C17H13ClN2O4/c1-8(15(23)24)26-16(25)11-7-10(3-4-12(11)18)27-14-5-2-9(6-13(14)19)17(20,21)22;1-10(17(21)22)23-12-3-5-13(6-4-12)24-16-9-19-15-8-11(18)2-7-14(15)20-16/h2-8H,1H3,(H,23,24);2-10H,1H3,(H,21,22)/t8-;/m0./s1. The molecule has 0 saturated carbocycles. The lowest BCUT2D eigenvalue weighted by Crippen LogP contribution is -2.23. The number of carboxylic acids is 2. The molecule has 5 rings (SSSR count). The summed E-state index contributed by atoms with van der Waals surface area (Å²) in [6.07, 6.45) is -5.37. The lowest BCUT2D eigenvalue weighted by molar-refractivity contribution is -0.146. The van der Waals surface area contributed by atoms with Crippen LogP contribution in [0.3, 0.4) is 0 Å². The van der Waals surface area contributed by atoms with E-state index in [1.165, 1.54) is 25.3 Å². The average Bonchev–Trinajstić information content (AvgIpc) is 3.07. The zero-order valence-electron chi connectivity index (χ0n) is 26.2. The molecule has 0 radical (unpaired) electrons. The third-order valence-corrected chi connectivity index (χ3v) is 7.33. The van der Waals surface area contributed by atoms with Gasteiger partial charge in [-0.05, 0) is 92.7 Å². The molecule has 0 amide bonds. The quantitative estimate of drug-likeness (QED) is 0.131. The van der Waals surface area contributed by atoms with Crippen LogP contribution in [0, 0.1) is 0 Å². The zero-order chi connectivity index (χ0) is 37.5. The maximum absolute atomic E-state index is 12.7. The van der Waals surface area contributed by atoms with Crippen LogP contribution in [0.2, 0.25) is 15.1 Å². The topological polar surface area (TPSA) is 154 Å². The molecule has 1 aromatic heterocycles. The van der Waals surface area contributed by atoms with Gasteiger partial charge < -0.3 is 29.2 Å². The van der Waals surface area contributed by atoms with Crippen LogP contribution in [0.1, 0.15) is 29.8 Å². The van der Waals surface area contributed by atoms with Crippen LogP contribution in [0.25, 0.3) is 11.0 Å². The monoisotopic (exact) mass is 766 g/mol. The largest absolute Gasteiger partial charge is 0.479 e. The smallest absolute Gasteiger partial charge is 0.416 e. The molecule has 0 spiro atoms. The molecule has 5 aromatic rings. The van der Waals surface area contributed by atoms with Gasteiger partial charge >= 0.3 is 24.1 Å². The predicted octanol–water partition coefficient (Wildman–Crippen LogP) is 9.36. The highest BCUT2D eigenvalue weighted by Gasteiger charge is 2.31. The van der Waals surface area contributed by atoms with Gasteiger partial charge in [-0.2, -0.15) is 13.2 Å². The average molecular weight is 768 g/mol. The lowest BCUT2D eigenvalue weighted by atomic mass is 10.2. The van der Waals surface area contributed by atoms with E-state index in [2.05, 4.69) is 9.97 Å². The molecule has 11 nitrogen and oxygen atoms in total. The first-order valence-corrected chi connectivity index (χ1v) is 15.5. The van der Waals surface area contributed by atoms with Crippen molar-refractivity contribution in [3.8, 4) is 28.9 Å². The number of esters is 1. The molecule has 266 valence electrons. The first-order valence-electron chi connectivity index (χ1n) is 14.4. The fraction of sp³-hybridized carbons (Fsp3) is 0.147. The van der Waals surface area contributed by atoms with Crippen LogP contribution < -0.4 is 14.2 Å². The van der Waals surface area contributed by atoms with Crippen molar-refractivity contribution in [1.82, 2.24) is 9.97 Å². The Kier molecular flexibility index (Phi) is 12.5. The van der Waals surface area contributed by atoms with E-state index in [0.29, 0.717) is 39.5 Å². The summed E-state index contributed by atoms with van der Waals surface area (Å²) in [6.45, 7) is 2.63. The number of hydrogen-bond donors (Lipinski definition) is 2. The Morgan fingerprint density at radius 3 is 2.00 bits per heavy atom. The molecule has 0 aliphatic rings. The van der Waals surface area contributed by atoms with Gasteiger partial charge in [-0.3, -0.25) is 0 Å². The molecule has 17 heteroatoms. The molecule has 0 fully saturated rings. The minimum atomic E-state index is -4.56. The molecule has 1 unspecified atom stereocenters. The van der Waals surface area contributed by atoms with E-state index in [1.54, 1.807) is 42.5 Å². The van der Waals surface area contributed by atoms with Gasteiger partial charge in [-0.1, -0.05) is 34.8 Å². The molecule has 0 aliphatic carbocycles. The van der Waals surface area contributed by atoms with Crippen LogP contribution in [-0.2, 0) is 20.5 Å². The van der Waals surface area contributed by atoms with Crippen molar-refractivity contribution in [1.29, 1.82) is 0 Å². The van der Waals surface area contributed by atoms with E-state index in [9.17, 15) is 27.6 Å². The van der Waals surface area contributed by atoms with Crippen LogP contribution in [0.15, 0.2) is 85.1 Å². The summed E-state index contributed by atoms with van der Waals surface area (Å²) in [5.74, 6) is -2.09. The number of carbonyl (C=O) groups is 3. The normalized spacial score (nSPS) is 12.2. The van der Waals surface area contributed by atoms with Gasteiger partial charge in [0.2, 0.25) is 5.88 Å². The molecule has 4 aromatic carbocycles. The second-order valence-electron chi connectivity index (χ2n) is 10.3. The molecule has 0 bridgehead atoms. The number of rotatable bonds is 10. The summed E-state index contributed by atoms with van der Waals surface area (Å²) in [5.41, 5.74) is 0.238. The van der Waals surface area contributed by atoms with Gasteiger partial charge in [0.05, 0.1) is 38.4 Å². The number of benzene rings is 4. The van der Waals surface area contributed by atoms with E-state index < -0.39 is 41.9 Å². The molecular formula is C34H24Cl3F3N2O9. The van der Waals surface area contributed by atoms with Gasteiger partial charge in [0, 0.05) is 5.02 Å². The van der Waals surface area contributed by atoms with E-state index in [1.807, 2.05) is 0 Å². The van der Waals surface area contributed by atoms with E-state index in [0.717, 1.165) is 25.1 Å². The van der Waals surface area contributed by atoms with E-state index in [-0.39, 0.29) is 27.1 Å². The summed E-state index contributed by atoms with van der Waals surface area (Å²) >= 11 is 17.6. The molecule has 1 heterocycles. The first kappa shape index (κ1) is 38.5. The summed E-state index contributed by atoms with van der Waals surface area (Å²) in [5, 5.41) is 17.9. The maximum atomic E-state index is 12.7. The van der Waals surface area contributed by atoms with Crippen LogP contribution >= 0.6 is 34.8 Å². The van der Waals surface area contributed by atoms with Gasteiger partial charge in [0.15, 0.2) is 12.2 Å². The highest BCUT2D eigenvalue weighted by Crippen LogP contribution is 2.37. The van der Waals surface area contributed by atoms with Crippen molar-refractivity contribution >= 4 is 63.7 Å². The first-order chi connectivity index (χ1) is 24.0. The molecule has 2 atom stereocenters. The number of carboxylic acid groups (broad SMARTS) is 2. The van der Waals surface area contributed by atoms with E-state index >= 15 is 0 Å². The van der Waals surface area contributed by atoms with Crippen LogP contribution in [-0.4, -0.2) is 50.3 Å². The number of fused-ring (bicyclic) bond motifs is 1. The van der Waals surface area contributed by atoms with Crippen molar-refractivity contribution in [3.63, 3.8) is 0 Å². The fourth-order valence-electron chi connectivity index (χ4n) is 3.86.